The highest BCUT2D eigenvalue weighted by atomic mass is 15.1. The Morgan fingerprint density at radius 1 is 0.367 bits per heavy atom. The summed E-state index contributed by atoms with van der Waals surface area (Å²) in [5.74, 6) is 0.941. The van der Waals surface area contributed by atoms with Gasteiger partial charge in [0.2, 0.25) is 0 Å². The third kappa shape index (κ3) is 4.31. The first-order valence-electron chi connectivity index (χ1n) is 16.8. The predicted molar refractivity (Wildman–Crippen MR) is 207 cm³/mol. The van der Waals surface area contributed by atoms with E-state index in [-0.39, 0.29) is 0 Å². The van der Waals surface area contributed by atoms with Crippen LogP contribution in [0.2, 0.25) is 0 Å². The van der Waals surface area contributed by atoms with E-state index < -0.39 is 0 Å². The highest BCUT2D eigenvalue weighted by Crippen LogP contribution is 2.47. The molecule has 1 heterocycles. The number of rotatable bonds is 4. The average Bonchev–Trinajstić information content (AvgIpc) is 3.56. The van der Waals surface area contributed by atoms with Crippen LogP contribution in [-0.4, -0.2) is 9.55 Å². The standard InChI is InChI=1S/C47H30N2/c1-2-16-34(17-3-1)49-44-25-13-12-24-43(44)48-47(49)42-29-28-41(35-18-6-7-19-36(35)42)46-39-22-10-8-20-37(39)45(38-21-9-11-23-40(38)46)33-27-26-31-14-4-5-15-32(31)30-33/h1-30H. The van der Waals surface area contributed by atoms with Gasteiger partial charge in [0, 0.05) is 11.3 Å². The Balaban J connectivity index is 1.27. The number of hydrogen-bond donors (Lipinski definition) is 0. The first-order chi connectivity index (χ1) is 24.3. The van der Waals surface area contributed by atoms with Crippen LogP contribution in [0.1, 0.15) is 0 Å². The molecule has 0 atom stereocenters. The Labute approximate surface area is 284 Å². The van der Waals surface area contributed by atoms with Gasteiger partial charge in [0.15, 0.2) is 0 Å². The summed E-state index contributed by atoms with van der Waals surface area (Å²) in [5, 5.41) is 9.90. The van der Waals surface area contributed by atoms with E-state index in [2.05, 4.69) is 187 Å². The van der Waals surface area contributed by atoms with E-state index in [0.717, 1.165) is 28.1 Å². The molecule has 0 unspecified atom stereocenters. The number of para-hydroxylation sites is 3. The first kappa shape index (κ1) is 27.6. The summed E-state index contributed by atoms with van der Waals surface area (Å²) in [6.45, 7) is 0. The van der Waals surface area contributed by atoms with Crippen LogP contribution in [0.5, 0.6) is 0 Å². The molecule has 0 spiro atoms. The van der Waals surface area contributed by atoms with E-state index in [9.17, 15) is 0 Å². The molecule has 2 nitrogen and oxygen atoms in total. The lowest BCUT2D eigenvalue weighted by Crippen LogP contribution is -1.98. The summed E-state index contributed by atoms with van der Waals surface area (Å²) in [6.07, 6.45) is 0. The lowest BCUT2D eigenvalue weighted by atomic mass is 9.84. The topological polar surface area (TPSA) is 17.8 Å². The molecule has 10 aromatic rings. The molecule has 0 bridgehead atoms. The number of imidazole rings is 1. The minimum atomic E-state index is 0.941. The zero-order chi connectivity index (χ0) is 32.3. The molecule has 0 saturated carbocycles. The number of aromatic nitrogens is 2. The maximum atomic E-state index is 5.24. The van der Waals surface area contributed by atoms with E-state index in [4.69, 9.17) is 4.98 Å². The molecule has 0 aliphatic rings. The lowest BCUT2D eigenvalue weighted by Gasteiger charge is -2.20. The van der Waals surface area contributed by atoms with Crippen LogP contribution in [-0.2, 0) is 0 Å². The normalized spacial score (nSPS) is 11.7. The maximum Gasteiger partial charge on any atom is 0.146 e. The molecule has 0 N–H and O–H groups in total. The van der Waals surface area contributed by atoms with Gasteiger partial charge in [-0.2, -0.15) is 0 Å². The second-order valence-electron chi connectivity index (χ2n) is 12.7. The van der Waals surface area contributed by atoms with Crippen molar-refractivity contribution in [3.63, 3.8) is 0 Å². The molecule has 0 amide bonds. The van der Waals surface area contributed by atoms with Gasteiger partial charge >= 0.3 is 0 Å². The van der Waals surface area contributed by atoms with Gasteiger partial charge in [-0.05, 0) is 102 Å². The summed E-state index contributed by atoms with van der Waals surface area (Å²) in [6, 6.07) is 65.7. The quantitative estimate of drug-likeness (QED) is 0.179. The molecule has 1 aromatic heterocycles. The van der Waals surface area contributed by atoms with Crippen molar-refractivity contribution in [2.75, 3.05) is 0 Å². The summed E-state index contributed by atoms with van der Waals surface area (Å²) < 4.78 is 2.29. The van der Waals surface area contributed by atoms with Crippen molar-refractivity contribution in [1.82, 2.24) is 9.55 Å². The van der Waals surface area contributed by atoms with Crippen molar-refractivity contribution < 1.29 is 0 Å². The van der Waals surface area contributed by atoms with Gasteiger partial charge in [0.1, 0.15) is 5.82 Å². The Morgan fingerprint density at radius 2 is 0.898 bits per heavy atom. The van der Waals surface area contributed by atoms with Gasteiger partial charge < -0.3 is 0 Å². The monoisotopic (exact) mass is 622 g/mol. The van der Waals surface area contributed by atoms with E-state index in [1.165, 1.54) is 65.3 Å². The Bertz CT molecular complexity index is 2820. The zero-order valence-corrected chi connectivity index (χ0v) is 26.7. The molecule has 228 valence electrons. The van der Waals surface area contributed by atoms with Crippen LogP contribution in [0.15, 0.2) is 182 Å². The number of fused-ring (bicyclic) bond motifs is 5. The van der Waals surface area contributed by atoms with Crippen LogP contribution in [0.25, 0.3) is 93.5 Å². The second-order valence-corrected chi connectivity index (χ2v) is 12.7. The maximum absolute atomic E-state index is 5.24. The van der Waals surface area contributed by atoms with Gasteiger partial charge in [0.05, 0.1) is 11.0 Å². The van der Waals surface area contributed by atoms with Crippen molar-refractivity contribution in [3.8, 4) is 39.3 Å². The van der Waals surface area contributed by atoms with Gasteiger partial charge in [-0.3, -0.25) is 4.57 Å². The van der Waals surface area contributed by atoms with Crippen molar-refractivity contribution in [3.05, 3.63) is 182 Å². The largest absolute Gasteiger partial charge is 0.292 e. The summed E-state index contributed by atoms with van der Waals surface area (Å²) in [4.78, 5) is 5.24. The Morgan fingerprint density at radius 3 is 1.61 bits per heavy atom. The first-order valence-corrected chi connectivity index (χ1v) is 16.8. The molecular weight excluding hydrogens is 593 g/mol. The fourth-order valence-corrected chi connectivity index (χ4v) is 7.83. The van der Waals surface area contributed by atoms with E-state index in [0.29, 0.717) is 0 Å². The van der Waals surface area contributed by atoms with Gasteiger partial charge in [-0.1, -0.05) is 146 Å². The van der Waals surface area contributed by atoms with Crippen LogP contribution < -0.4 is 0 Å². The van der Waals surface area contributed by atoms with E-state index in [1.807, 2.05) is 0 Å². The summed E-state index contributed by atoms with van der Waals surface area (Å²) >= 11 is 0. The average molecular weight is 623 g/mol. The van der Waals surface area contributed by atoms with Crippen LogP contribution in [0, 0.1) is 0 Å². The van der Waals surface area contributed by atoms with E-state index in [1.54, 1.807) is 0 Å². The van der Waals surface area contributed by atoms with Crippen molar-refractivity contribution >= 4 is 54.1 Å². The summed E-state index contributed by atoms with van der Waals surface area (Å²) in [7, 11) is 0. The zero-order valence-electron chi connectivity index (χ0n) is 26.7. The Kier molecular flexibility index (Phi) is 6.22. The van der Waals surface area contributed by atoms with Crippen molar-refractivity contribution in [2.45, 2.75) is 0 Å². The third-order valence-corrected chi connectivity index (χ3v) is 9.98. The highest BCUT2D eigenvalue weighted by Gasteiger charge is 2.21. The molecule has 2 heteroatoms. The van der Waals surface area contributed by atoms with Crippen LogP contribution in [0.4, 0.5) is 0 Å². The molecule has 9 aromatic carbocycles. The third-order valence-electron chi connectivity index (χ3n) is 9.98. The number of hydrogen-bond acceptors (Lipinski definition) is 1. The molecule has 0 fully saturated rings. The number of nitrogens with zero attached hydrogens (tertiary/aromatic N) is 2. The Hall–Kier alpha value is -6.51. The predicted octanol–water partition coefficient (Wildman–Crippen LogP) is 12.6. The fraction of sp³-hybridized carbons (Fsp3) is 0. The van der Waals surface area contributed by atoms with Gasteiger partial charge in [-0.25, -0.2) is 4.98 Å². The highest BCUT2D eigenvalue weighted by molar-refractivity contribution is 6.24. The van der Waals surface area contributed by atoms with Gasteiger partial charge in [0.25, 0.3) is 0 Å². The second kappa shape index (κ2) is 11.0. The molecule has 0 radical (unpaired) electrons. The molecule has 10 rings (SSSR count). The minimum absolute atomic E-state index is 0.941. The molecule has 0 aliphatic carbocycles. The van der Waals surface area contributed by atoms with E-state index >= 15 is 0 Å². The molecular formula is C47H30N2. The van der Waals surface area contributed by atoms with Crippen molar-refractivity contribution in [1.29, 1.82) is 0 Å². The van der Waals surface area contributed by atoms with Crippen LogP contribution >= 0.6 is 0 Å². The lowest BCUT2D eigenvalue weighted by molar-refractivity contribution is 1.11. The molecule has 0 saturated heterocycles. The SMILES string of the molecule is c1ccc(-n2c(-c3ccc(-c4c5ccccc5c(-c5ccc6ccccc6c5)c5ccccc45)c4ccccc34)nc3ccccc32)cc1. The molecule has 49 heavy (non-hydrogen) atoms. The number of benzene rings is 9. The summed E-state index contributed by atoms with van der Waals surface area (Å²) in [5.41, 5.74) is 9.28. The van der Waals surface area contributed by atoms with Gasteiger partial charge in [-0.15, -0.1) is 0 Å². The molecule has 0 aliphatic heterocycles. The minimum Gasteiger partial charge on any atom is -0.292 e. The fourth-order valence-electron chi connectivity index (χ4n) is 7.83. The smallest absolute Gasteiger partial charge is 0.146 e. The van der Waals surface area contributed by atoms with Crippen molar-refractivity contribution in [2.24, 2.45) is 0 Å². The van der Waals surface area contributed by atoms with Crippen LogP contribution in [0.3, 0.4) is 0 Å².